The Balaban J connectivity index is 1.73. The van der Waals surface area contributed by atoms with Crippen LogP contribution < -0.4 is 4.74 Å². The van der Waals surface area contributed by atoms with E-state index < -0.39 is 5.60 Å². The molecule has 4 nitrogen and oxygen atoms in total. The third kappa shape index (κ3) is 2.49. The van der Waals surface area contributed by atoms with Crippen LogP contribution in [-0.4, -0.2) is 47.8 Å². The van der Waals surface area contributed by atoms with E-state index in [2.05, 4.69) is 63.2 Å². The van der Waals surface area contributed by atoms with Crippen molar-refractivity contribution in [2.24, 2.45) is 0 Å². The summed E-state index contributed by atoms with van der Waals surface area (Å²) >= 11 is 3.72. The van der Waals surface area contributed by atoms with Gasteiger partial charge in [0.1, 0.15) is 5.75 Å². The zero-order valence-electron chi connectivity index (χ0n) is 16.3. The number of rotatable bonds is 2. The second-order valence-corrected chi connectivity index (χ2v) is 9.29. The second-order valence-electron chi connectivity index (χ2n) is 8.43. The van der Waals surface area contributed by atoms with Gasteiger partial charge in [0.05, 0.1) is 12.7 Å². The number of halogens is 1. The van der Waals surface area contributed by atoms with Crippen molar-refractivity contribution in [3.63, 3.8) is 0 Å². The molecule has 1 fully saturated rings. The highest BCUT2D eigenvalue weighted by molar-refractivity contribution is 9.10. The molecule has 1 aliphatic carbocycles. The number of methoxy groups -OCH3 is 1. The number of ether oxygens (including phenoxy) is 1. The van der Waals surface area contributed by atoms with Gasteiger partial charge < -0.3 is 19.7 Å². The number of benzene rings is 2. The molecule has 2 aromatic carbocycles. The van der Waals surface area contributed by atoms with Crippen LogP contribution in [-0.2, 0) is 18.3 Å². The molecule has 2 heterocycles. The molecule has 3 aromatic rings. The molecule has 1 saturated heterocycles. The van der Waals surface area contributed by atoms with E-state index in [0.29, 0.717) is 13.0 Å². The number of hydrogen-bond acceptors (Lipinski definition) is 3. The predicted octanol–water partition coefficient (Wildman–Crippen LogP) is 4.04. The zero-order valence-corrected chi connectivity index (χ0v) is 17.8. The fraction of sp³-hybridized carbons (Fsp3) is 0.391. The fourth-order valence-corrected chi connectivity index (χ4v) is 6.07. The Labute approximate surface area is 173 Å². The van der Waals surface area contributed by atoms with Crippen molar-refractivity contribution in [1.82, 2.24) is 9.88 Å². The lowest BCUT2D eigenvalue weighted by Crippen LogP contribution is -2.65. The summed E-state index contributed by atoms with van der Waals surface area (Å²) in [7, 11) is 3.81. The number of hydrogen-bond donors (Lipinski definition) is 2. The Morgan fingerprint density at radius 1 is 1.18 bits per heavy atom. The van der Waals surface area contributed by atoms with Crippen LogP contribution in [0.1, 0.15) is 23.2 Å². The molecular formula is C23H25BrN2O2. The van der Waals surface area contributed by atoms with E-state index in [9.17, 15) is 5.11 Å². The number of aromatic amines is 1. The van der Waals surface area contributed by atoms with Gasteiger partial charge in [0, 0.05) is 45.9 Å². The highest BCUT2D eigenvalue weighted by atomic mass is 79.9. The van der Waals surface area contributed by atoms with Gasteiger partial charge in [0.25, 0.3) is 0 Å². The lowest BCUT2D eigenvalue weighted by atomic mass is 9.56. The Morgan fingerprint density at radius 3 is 2.82 bits per heavy atom. The van der Waals surface area contributed by atoms with E-state index in [4.69, 9.17) is 4.74 Å². The van der Waals surface area contributed by atoms with Crippen LogP contribution in [0, 0.1) is 0 Å². The van der Waals surface area contributed by atoms with Crippen molar-refractivity contribution in [2.45, 2.75) is 30.3 Å². The van der Waals surface area contributed by atoms with Crippen LogP contribution in [0.2, 0.25) is 0 Å². The maximum Gasteiger partial charge on any atom is 0.119 e. The summed E-state index contributed by atoms with van der Waals surface area (Å²) in [4.78, 5) is 5.91. The van der Waals surface area contributed by atoms with Gasteiger partial charge in [-0.3, -0.25) is 0 Å². The third-order valence-electron chi connectivity index (χ3n) is 6.88. The zero-order chi connectivity index (χ0) is 19.5. The van der Waals surface area contributed by atoms with Crippen LogP contribution in [0.5, 0.6) is 5.75 Å². The van der Waals surface area contributed by atoms with Gasteiger partial charge in [0.15, 0.2) is 0 Å². The van der Waals surface area contributed by atoms with Gasteiger partial charge in [-0.05, 0) is 55.4 Å². The molecular weight excluding hydrogens is 416 g/mol. The summed E-state index contributed by atoms with van der Waals surface area (Å²) in [6, 6.07) is 14.5. The first kappa shape index (κ1) is 18.2. The van der Waals surface area contributed by atoms with E-state index in [1.54, 1.807) is 7.11 Å². The number of fused-ring (bicyclic) bond motifs is 4. The van der Waals surface area contributed by atoms with Crippen molar-refractivity contribution >= 4 is 26.8 Å². The van der Waals surface area contributed by atoms with Crippen LogP contribution in [0.4, 0.5) is 0 Å². The molecule has 5 rings (SSSR count). The van der Waals surface area contributed by atoms with Crippen molar-refractivity contribution in [3.05, 3.63) is 63.8 Å². The van der Waals surface area contributed by atoms with Crippen molar-refractivity contribution in [3.8, 4) is 5.75 Å². The van der Waals surface area contributed by atoms with Gasteiger partial charge in [0.2, 0.25) is 0 Å². The first-order chi connectivity index (χ1) is 13.5. The average Bonchev–Trinajstić information content (AvgIpc) is 3.03. The summed E-state index contributed by atoms with van der Waals surface area (Å²) in [6.45, 7) is 1.64. The number of piperidine rings is 1. The summed E-state index contributed by atoms with van der Waals surface area (Å²) in [6.07, 6.45) is 2.37. The number of nitrogens with one attached hydrogen (secondary N) is 1. The van der Waals surface area contributed by atoms with Crippen LogP contribution in [0.15, 0.2) is 46.9 Å². The van der Waals surface area contributed by atoms with Gasteiger partial charge in [-0.2, -0.15) is 0 Å². The molecule has 0 unspecified atom stereocenters. The normalized spacial score (nSPS) is 27.4. The molecule has 146 valence electrons. The summed E-state index contributed by atoms with van der Waals surface area (Å²) in [5.41, 5.74) is 3.65. The average molecular weight is 441 g/mol. The summed E-state index contributed by atoms with van der Waals surface area (Å²) in [5, 5.41) is 13.3. The number of likely N-dealkylation sites (tertiary alicyclic amines) is 1. The lowest BCUT2D eigenvalue weighted by molar-refractivity contribution is -0.0972. The minimum atomic E-state index is -0.830. The highest BCUT2D eigenvalue weighted by Gasteiger charge is 2.57. The van der Waals surface area contributed by atoms with Crippen molar-refractivity contribution in [2.75, 3.05) is 27.2 Å². The Morgan fingerprint density at radius 2 is 2.00 bits per heavy atom. The quantitative estimate of drug-likeness (QED) is 0.631. The molecule has 0 saturated carbocycles. The molecule has 0 spiro atoms. The van der Waals surface area contributed by atoms with E-state index in [1.807, 2.05) is 12.1 Å². The monoisotopic (exact) mass is 440 g/mol. The lowest BCUT2D eigenvalue weighted by Gasteiger charge is -2.56. The molecule has 2 N–H and O–H groups in total. The van der Waals surface area contributed by atoms with Gasteiger partial charge in [-0.1, -0.05) is 34.1 Å². The van der Waals surface area contributed by atoms with Gasteiger partial charge in [-0.15, -0.1) is 0 Å². The van der Waals surface area contributed by atoms with Gasteiger partial charge >= 0.3 is 0 Å². The number of likely N-dealkylation sites (N-methyl/N-ethyl adjacent to an activating group) is 1. The number of aromatic nitrogens is 1. The van der Waals surface area contributed by atoms with E-state index in [1.165, 1.54) is 22.2 Å². The standard InChI is InChI=1S/C23H25BrN2O2/c1-26-10-9-22(15-5-3-6-16(11-15)28-2)13-20-17(12-23(22,27)14-26)21-18(24)7-4-8-19(21)25-20/h3-8,11,25,27H,9-10,12-14H2,1-2H3/t22-,23-/m0/s1. The molecule has 0 amide bonds. The SMILES string of the molecule is COc1cccc([C@@]23CCN(C)C[C@@]2(O)Cc2c([nH]c4cccc(Br)c24)C3)c1. The molecule has 1 aliphatic heterocycles. The molecule has 28 heavy (non-hydrogen) atoms. The molecule has 1 aromatic heterocycles. The van der Waals surface area contributed by atoms with Crippen molar-refractivity contribution in [1.29, 1.82) is 0 Å². The number of nitrogens with zero attached hydrogens (tertiary/aromatic N) is 1. The van der Waals surface area contributed by atoms with Crippen LogP contribution in [0.3, 0.4) is 0 Å². The fourth-order valence-electron chi connectivity index (χ4n) is 5.47. The summed E-state index contributed by atoms with van der Waals surface area (Å²) < 4.78 is 6.59. The topological polar surface area (TPSA) is 48.5 Å². The Kier molecular flexibility index (Phi) is 4.13. The minimum absolute atomic E-state index is 0.325. The van der Waals surface area contributed by atoms with E-state index in [-0.39, 0.29) is 5.41 Å². The minimum Gasteiger partial charge on any atom is -0.497 e. The third-order valence-corrected chi connectivity index (χ3v) is 7.54. The van der Waals surface area contributed by atoms with Crippen molar-refractivity contribution < 1.29 is 9.84 Å². The molecule has 0 radical (unpaired) electrons. The van der Waals surface area contributed by atoms with E-state index >= 15 is 0 Å². The number of β-amino-alcohol motifs (C(OH)–C–C–N with tert-alkyl or cyclic N) is 1. The smallest absolute Gasteiger partial charge is 0.119 e. The first-order valence-electron chi connectivity index (χ1n) is 9.79. The van der Waals surface area contributed by atoms with E-state index in [0.717, 1.165) is 35.1 Å². The number of H-pyrrole nitrogens is 1. The number of aliphatic hydroxyl groups is 1. The highest BCUT2D eigenvalue weighted by Crippen LogP contribution is 2.52. The predicted molar refractivity (Wildman–Crippen MR) is 115 cm³/mol. The largest absolute Gasteiger partial charge is 0.497 e. The molecule has 2 atom stereocenters. The molecule has 2 aliphatic rings. The van der Waals surface area contributed by atoms with Crippen LogP contribution in [0.25, 0.3) is 10.9 Å². The first-order valence-corrected chi connectivity index (χ1v) is 10.6. The Hall–Kier alpha value is -1.82. The maximum absolute atomic E-state index is 12.1. The summed E-state index contributed by atoms with van der Waals surface area (Å²) in [5.74, 6) is 0.846. The maximum atomic E-state index is 12.1. The van der Waals surface area contributed by atoms with Crippen LogP contribution >= 0.6 is 15.9 Å². The molecule has 5 heteroatoms. The molecule has 0 bridgehead atoms. The van der Waals surface area contributed by atoms with Gasteiger partial charge in [-0.25, -0.2) is 0 Å². The second kappa shape index (κ2) is 6.34. The Bertz CT molecular complexity index is 1060.